The van der Waals surface area contributed by atoms with Crippen molar-refractivity contribution in [2.24, 2.45) is 0 Å². The number of hydrogen-bond acceptors (Lipinski definition) is 5. The summed E-state index contributed by atoms with van der Waals surface area (Å²) in [6, 6.07) is 7.17. The van der Waals surface area contributed by atoms with Crippen molar-refractivity contribution in [3.63, 3.8) is 0 Å². The Labute approximate surface area is 144 Å². The fraction of sp³-hybridized carbons (Fsp3) is 0.353. The molecule has 1 aromatic heterocycles. The summed E-state index contributed by atoms with van der Waals surface area (Å²) in [6.07, 6.45) is -0.804. The van der Waals surface area contributed by atoms with Gasteiger partial charge in [0.15, 0.2) is 11.5 Å². The van der Waals surface area contributed by atoms with E-state index >= 15 is 0 Å². The van der Waals surface area contributed by atoms with Gasteiger partial charge in [-0.2, -0.15) is 5.10 Å². The van der Waals surface area contributed by atoms with E-state index < -0.39 is 12.1 Å². The summed E-state index contributed by atoms with van der Waals surface area (Å²) in [4.78, 5) is 23.2. The molecule has 0 saturated carbocycles. The number of benzene rings is 1. The number of para-hydroxylation sites is 2. The van der Waals surface area contributed by atoms with E-state index in [-0.39, 0.29) is 25.5 Å². The average molecular weight is 345 g/mol. The van der Waals surface area contributed by atoms with E-state index in [2.05, 4.69) is 10.4 Å². The molecule has 0 aliphatic carbocycles. The first-order valence-corrected chi connectivity index (χ1v) is 7.91. The van der Waals surface area contributed by atoms with Gasteiger partial charge in [-0.05, 0) is 26.0 Å². The molecule has 3 rings (SSSR count). The van der Waals surface area contributed by atoms with Crippen LogP contribution in [-0.4, -0.2) is 39.5 Å². The van der Waals surface area contributed by atoms with Gasteiger partial charge in [0, 0.05) is 0 Å². The van der Waals surface area contributed by atoms with E-state index in [1.165, 1.54) is 0 Å². The molecule has 0 bridgehead atoms. The average Bonchev–Trinajstić information content (AvgIpc) is 2.87. The summed E-state index contributed by atoms with van der Waals surface area (Å²) < 4.78 is 12.8. The minimum absolute atomic E-state index is 0.0360. The van der Waals surface area contributed by atoms with Crippen LogP contribution in [0.5, 0.6) is 11.5 Å². The highest BCUT2D eigenvalue weighted by molar-refractivity contribution is 5.95. The number of amides is 1. The molecule has 1 unspecified atom stereocenters. The Morgan fingerprint density at radius 1 is 1.32 bits per heavy atom. The van der Waals surface area contributed by atoms with E-state index in [0.29, 0.717) is 28.6 Å². The van der Waals surface area contributed by atoms with E-state index in [9.17, 15) is 9.59 Å². The first kappa shape index (κ1) is 16.8. The minimum Gasteiger partial charge on any atom is -0.485 e. The van der Waals surface area contributed by atoms with E-state index in [0.717, 1.165) is 0 Å². The van der Waals surface area contributed by atoms with Crippen molar-refractivity contribution in [3.8, 4) is 11.5 Å². The maximum atomic E-state index is 12.5. The van der Waals surface area contributed by atoms with Crippen molar-refractivity contribution >= 4 is 17.6 Å². The van der Waals surface area contributed by atoms with Crippen LogP contribution in [0.15, 0.2) is 24.3 Å². The van der Waals surface area contributed by atoms with E-state index in [1.54, 1.807) is 30.7 Å². The maximum absolute atomic E-state index is 12.5. The summed E-state index contributed by atoms with van der Waals surface area (Å²) in [5.74, 6) is -0.0945. The molecule has 2 N–H and O–H groups in total. The van der Waals surface area contributed by atoms with Gasteiger partial charge in [0.2, 0.25) is 6.10 Å². The normalized spacial score (nSPS) is 15.7. The SMILES string of the molecule is Cc1nn(CCC(=O)O)c(C)c1NC(=O)C1COc2ccccc2O1. The second-order valence-electron chi connectivity index (χ2n) is 5.77. The van der Waals surface area contributed by atoms with Crippen LogP contribution < -0.4 is 14.8 Å². The van der Waals surface area contributed by atoms with Crippen molar-refractivity contribution < 1.29 is 24.2 Å². The maximum Gasteiger partial charge on any atom is 0.305 e. The van der Waals surface area contributed by atoms with Crippen molar-refractivity contribution in [3.05, 3.63) is 35.7 Å². The number of anilines is 1. The van der Waals surface area contributed by atoms with Gasteiger partial charge in [0.05, 0.1) is 30.0 Å². The van der Waals surface area contributed by atoms with Crippen LogP contribution in [0.4, 0.5) is 5.69 Å². The van der Waals surface area contributed by atoms with Crippen LogP contribution in [0.1, 0.15) is 17.8 Å². The van der Waals surface area contributed by atoms with Crippen LogP contribution in [-0.2, 0) is 16.1 Å². The number of fused-ring (bicyclic) bond motifs is 1. The topological polar surface area (TPSA) is 103 Å². The third kappa shape index (κ3) is 3.57. The lowest BCUT2D eigenvalue weighted by atomic mass is 10.2. The molecule has 132 valence electrons. The van der Waals surface area contributed by atoms with Crippen LogP contribution in [0.25, 0.3) is 0 Å². The Hall–Kier alpha value is -3.03. The first-order chi connectivity index (χ1) is 12.0. The van der Waals surface area contributed by atoms with Crippen molar-refractivity contribution in [2.75, 3.05) is 11.9 Å². The van der Waals surface area contributed by atoms with Gasteiger partial charge < -0.3 is 19.9 Å². The van der Waals surface area contributed by atoms with Crippen molar-refractivity contribution in [2.45, 2.75) is 32.9 Å². The molecular weight excluding hydrogens is 326 g/mol. The molecule has 2 heterocycles. The number of nitrogens with zero attached hydrogens (tertiary/aromatic N) is 2. The lowest BCUT2D eigenvalue weighted by molar-refractivity contribution is -0.137. The zero-order valence-electron chi connectivity index (χ0n) is 14.0. The highest BCUT2D eigenvalue weighted by atomic mass is 16.6. The zero-order valence-corrected chi connectivity index (χ0v) is 14.0. The monoisotopic (exact) mass is 345 g/mol. The Morgan fingerprint density at radius 2 is 2.04 bits per heavy atom. The van der Waals surface area contributed by atoms with Gasteiger partial charge in [-0.25, -0.2) is 0 Å². The first-order valence-electron chi connectivity index (χ1n) is 7.91. The van der Waals surface area contributed by atoms with Crippen LogP contribution in [0, 0.1) is 13.8 Å². The molecule has 2 aromatic rings. The quantitative estimate of drug-likeness (QED) is 0.856. The summed E-state index contributed by atoms with van der Waals surface area (Å²) >= 11 is 0. The Morgan fingerprint density at radius 3 is 2.76 bits per heavy atom. The lowest BCUT2D eigenvalue weighted by Crippen LogP contribution is -2.40. The predicted molar refractivity (Wildman–Crippen MR) is 88.9 cm³/mol. The summed E-state index contributed by atoms with van der Waals surface area (Å²) in [5, 5.41) is 15.9. The number of rotatable bonds is 5. The third-order valence-electron chi connectivity index (χ3n) is 3.97. The predicted octanol–water partition coefficient (Wildman–Crippen LogP) is 1.75. The van der Waals surface area contributed by atoms with Crippen molar-refractivity contribution in [1.82, 2.24) is 9.78 Å². The number of carbonyl (C=O) groups excluding carboxylic acids is 1. The standard InChI is InChI=1S/C17H19N3O5/c1-10-16(11(2)20(19-10)8-7-15(21)22)18-17(23)14-9-24-12-5-3-4-6-13(12)25-14/h3-6,14H,7-9H2,1-2H3,(H,18,23)(H,21,22). The number of hydrogen-bond donors (Lipinski definition) is 2. The smallest absolute Gasteiger partial charge is 0.305 e. The Kier molecular flexibility index (Phi) is 4.60. The number of ether oxygens (including phenoxy) is 2. The van der Waals surface area contributed by atoms with Gasteiger partial charge >= 0.3 is 5.97 Å². The number of carboxylic acid groups (broad SMARTS) is 1. The molecule has 1 aromatic carbocycles. The highest BCUT2D eigenvalue weighted by Crippen LogP contribution is 2.31. The Balaban J connectivity index is 1.70. The number of aromatic nitrogens is 2. The zero-order chi connectivity index (χ0) is 18.0. The fourth-order valence-corrected chi connectivity index (χ4v) is 2.65. The molecule has 0 fully saturated rings. The molecule has 0 radical (unpaired) electrons. The number of aryl methyl sites for hydroxylation is 2. The van der Waals surface area contributed by atoms with Gasteiger partial charge in [0.1, 0.15) is 6.61 Å². The number of nitrogens with one attached hydrogen (secondary N) is 1. The largest absolute Gasteiger partial charge is 0.485 e. The number of carbonyl (C=O) groups is 2. The van der Waals surface area contributed by atoms with Crippen molar-refractivity contribution in [1.29, 1.82) is 0 Å². The second kappa shape index (κ2) is 6.84. The molecule has 1 aliphatic heterocycles. The van der Waals surface area contributed by atoms with Crippen LogP contribution >= 0.6 is 0 Å². The van der Waals surface area contributed by atoms with E-state index in [4.69, 9.17) is 14.6 Å². The summed E-state index contributed by atoms with van der Waals surface area (Å²) in [7, 11) is 0. The Bertz CT molecular complexity index is 815. The molecule has 0 spiro atoms. The third-order valence-corrected chi connectivity index (χ3v) is 3.97. The summed E-state index contributed by atoms with van der Waals surface area (Å²) in [6.45, 7) is 3.90. The summed E-state index contributed by atoms with van der Waals surface area (Å²) in [5.41, 5.74) is 1.88. The molecule has 8 nitrogen and oxygen atoms in total. The van der Waals surface area contributed by atoms with Gasteiger partial charge in [0.25, 0.3) is 5.91 Å². The molecule has 1 aliphatic rings. The molecule has 1 atom stereocenters. The second-order valence-corrected chi connectivity index (χ2v) is 5.77. The molecular formula is C17H19N3O5. The van der Waals surface area contributed by atoms with E-state index in [1.807, 2.05) is 12.1 Å². The van der Waals surface area contributed by atoms with Gasteiger partial charge in [-0.1, -0.05) is 12.1 Å². The lowest BCUT2D eigenvalue weighted by Gasteiger charge is -2.25. The number of aliphatic carboxylic acids is 1. The highest BCUT2D eigenvalue weighted by Gasteiger charge is 2.28. The minimum atomic E-state index is -0.899. The van der Waals surface area contributed by atoms with Gasteiger partial charge in [-0.15, -0.1) is 0 Å². The van der Waals surface area contributed by atoms with Crippen LogP contribution in [0.2, 0.25) is 0 Å². The molecule has 1 amide bonds. The number of carboxylic acids is 1. The molecule has 0 saturated heterocycles. The molecule has 25 heavy (non-hydrogen) atoms. The van der Waals surface area contributed by atoms with Crippen LogP contribution in [0.3, 0.4) is 0 Å². The fourth-order valence-electron chi connectivity index (χ4n) is 2.65. The molecule has 8 heteroatoms. The van der Waals surface area contributed by atoms with Gasteiger partial charge in [-0.3, -0.25) is 14.3 Å².